The summed E-state index contributed by atoms with van der Waals surface area (Å²) in [5.41, 5.74) is 6.45. The average Bonchev–Trinajstić information content (AvgIpc) is 3.08. The summed E-state index contributed by atoms with van der Waals surface area (Å²) in [6.45, 7) is 8.26. The molecular formula is C38H30F12IrN4P-5. The molecular weight excluding hydrogens is 964 g/mol. The molecule has 0 N–H and O–H groups in total. The number of hydrogen-bond acceptors (Lipinski definition) is 2. The van der Waals surface area contributed by atoms with Crippen LogP contribution in [-0.2, 0) is 20.1 Å². The molecule has 2 aliphatic heterocycles. The number of pyridine rings is 2. The summed E-state index contributed by atoms with van der Waals surface area (Å²) in [6, 6.07) is 26.8. The Bertz CT molecular complexity index is 1950. The predicted octanol–water partition coefficient (Wildman–Crippen LogP) is 14.7. The number of aromatic nitrogens is 2. The van der Waals surface area contributed by atoms with E-state index in [9.17, 15) is 51.5 Å². The molecule has 2 aromatic carbocycles. The second-order valence-electron chi connectivity index (χ2n) is 11.8. The van der Waals surface area contributed by atoms with Gasteiger partial charge in [0.2, 0.25) is 0 Å². The van der Waals surface area contributed by atoms with E-state index in [0.717, 1.165) is 47.1 Å². The van der Waals surface area contributed by atoms with Crippen LogP contribution in [0.2, 0.25) is 0 Å². The minimum Gasteiger partial charge on any atom is 0 e. The summed E-state index contributed by atoms with van der Waals surface area (Å²) in [6.07, 6.45) is -1.01. The molecule has 18 heteroatoms. The molecule has 0 fully saturated rings. The molecule has 0 amide bonds. The van der Waals surface area contributed by atoms with E-state index >= 15 is 0 Å². The number of nitrogens with zero attached hydrogens (tertiary/aromatic N) is 4. The molecule has 56 heavy (non-hydrogen) atoms. The maximum atomic E-state index is 12.5. The van der Waals surface area contributed by atoms with E-state index in [4.69, 9.17) is 0 Å². The second-order valence-corrected chi connectivity index (χ2v) is 13.7. The molecule has 0 saturated heterocycles. The van der Waals surface area contributed by atoms with E-state index in [2.05, 4.69) is 96.8 Å². The van der Waals surface area contributed by atoms with Gasteiger partial charge in [-0.25, -0.2) is 0 Å². The van der Waals surface area contributed by atoms with Crippen LogP contribution < -0.4 is 0 Å². The Morgan fingerprint density at radius 1 is 0.536 bits per heavy atom. The Hall–Kier alpha value is -4.72. The van der Waals surface area contributed by atoms with Crippen molar-refractivity contribution in [1.29, 1.82) is 0 Å². The third-order valence-corrected chi connectivity index (χ3v) is 6.76. The zero-order valence-corrected chi connectivity index (χ0v) is 32.8. The molecule has 0 saturated carbocycles. The molecule has 0 bridgehead atoms. The van der Waals surface area contributed by atoms with Gasteiger partial charge in [-0.05, 0) is 37.4 Å². The topological polar surface area (TPSA) is 54.0 Å². The minimum absolute atomic E-state index is 0. The van der Waals surface area contributed by atoms with E-state index in [1.54, 1.807) is 0 Å². The van der Waals surface area contributed by atoms with Crippen LogP contribution >= 0.6 is 7.81 Å². The maximum Gasteiger partial charge on any atom is 0 e. The van der Waals surface area contributed by atoms with Crippen molar-refractivity contribution in [1.82, 2.24) is 9.97 Å². The molecule has 6 rings (SSSR count). The number of benzene rings is 2. The van der Waals surface area contributed by atoms with Crippen LogP contribution in [-0.4, -0.2) is 22.3 Å². The molecule has 4 aromatic rings. The van der Waals surface area contributed by atoms with Crippen LogP contribution in [0, 0.1) is 39.8 Å². The Labute approximate surface area is 328 Å². The summed E-state index contributed by atoms with van der Waals surface area (Å²) in [7, 11) is -10.7. The van der Waals surface area contributed by atoms with Gasteiger partial charge in [-0.2, -0.15) is 50.1 Å². The predicted molar refractivity (Wildman–Crippen MR) is 190 cm³/mol. The van der Waals surface area contributed by atoms with Crippen molar-refractivity contribution in [3.8, 4) is 22.5 Å². The average molecular weight is 994 g/mol. The zero-order chi connectivity index (χ0) is 41.3. The first-order valence-corrected chi connectivity index (χ1v) is 17.6. The number of halogens is 12. The fraction of sp³-hybridized carbons (Fsp3) is 0.158. The molecule has 4 heterocycles. The molecule has 0 spiro atoms. The van der Waals surface area contributed by atoms with Gasteiger partial charge in [0, 0.05) is 32.5 Å². The number of allylic oxidation sites excluding steroid dienone is 6. The Balaban J connectivity index is 0.000000270. The van der Waals surface area contributed by atoms with E-state index in [1.807, 2.05) is 36.7 Å². The number of rotatable bonds is 2. The van der Waals surface area contributed by atoms with Gasteiger partial charge in [0.15, 0.2) is 0 Å². The van der Waals surface area contributed by atoms with Crippen LogP contribution in [0.3, 0.4) is 0 Å². The standard InChI is InChI=1S/2C13H12N.C12H6F6N2.F6P.Ir/c2*1-10-3-5-12(6-4-10)13-9-11(2)7-8-14-13;13-11(14,15)7-1-3-19-9(5-7)10-6-8(2-4-20-10)12(16,17)18;1-7(2,3,4,5)6;/h2*3-5,7-9H,1-2H3;1-6H;;/q2*-1;-2;-1;. The van der Waals surface area contributed by atoms with Gasteiger partial charge in [0.25, 0.3) is 0 Å². The fourth-order valence-corrected chi connectivity index (χ4v) is 4.18. The Morgan fingerprint density at radius 3 is 1.14 bits per heavy atom. The van der Waals surface area contributed by atoms with Gasteiger partial charge in [-0.1, -0.05) is 61.4 Å². The van der Waals surface area contributed by atoms with E-state index < -0.39 is 31.3 Å². The summed E-state index contributed by atoms with van der Waals surface area (Å²) in [4.78, 5) is 8.62. The Morgan fingerprint density at radius 2 is 0.875 bits per heavy atom. The Kier molecular flexibility index (Phi) is 15.3. The smallest absolute Gasteiger partial charge is 0 e. The number of alkyl halides is 6. The summed E-state index contributed by atoms with van der Waals surface area (Å²) in [5.74, 6) is 0. The van der Waals surface area contributed by atoms with Crippen molar-refractivity contribution in [3.05, 3.63) is 177 Å². The normalized spacial score (nSPS) is 16.1. The second kappa shape index (κ2) is 18.0. The van der Waals surface area contributed by atoms with E-state index in [1.165, 1.54) is 22.3 Å². The summed E-state index contributed by atoms with van der Waals surface area (Å²) < 4.78 is 134. The van der Waals surface area contributed by atoms with Crippen molar-refractivity contribution >= 4 is 7.81 Å². The van der Waals surface area contributed by atoms with Gasteiger partial charge >= 0.3 is 45.3 Å². The maximum absolute atomic E-state index is 12.5. The first-order valence-electron chi connectivity index (χ1n) is 15.6. The molecule has 4 nitrogen and oxygen atoms in total. The monoisotopic (exact) mass is 994 g/mol. The molecule has 1 radical (unpaired) electrons. The number of aryl methyl sites for hydroxylation is 4. The first kappa shape index (κ1) is 47.4. The van der Waals surface area contributed by atoms with Gasteiger partial charge < -0.3 is 20.6 Å². The third-order valence-electron chi connectivity index (χ3n) is 6.76. The summed E-state index contributed by atoms with van der Waals surface area (Å²) in [5, 5.41) is 7.23. The van der Waals surface area contributed by atoms with Gasteiger partial charge in [0.1, 0.15) is 0 Å². The third kappa shape index (κ3) is 18.3. The van der Waals surface area contributed by atoms with Gasteiger partial charge in [-0.3, -0.25) is 0 Å². The molecule has 2 aromatic heterocycles. The van der Waals surface area contributed by atoms with Crippen molar-refractivity contribution in [2.45, 2.75) is 40.0 Å². The molecule has 2 aliphatic rings. The van der Waals surface area contributed by atoms with Crippen molar-refractivity contribution < 1.29 is 71.6 Å². The minimum atomic E-state index is -10.7. The molecule has 0 atom stereocenters. The largest absolute Gasteiger partial charge is 0 e. The van der Waals surface area contributed by atoms with E-state index in [-0.39, 0.29) is 31.5 Å². The summed E-state index contributed by atoms with van der Waals surface area (Å²) >= 11 is 0. The number of hydrogen-bond donors (Lipinski definition) is 0. The van der Waals surface area contributed by atoms with Crippen molar-refractivity contribution in [3.63, 3.8) is 0 Å². The van der Waals surface area contributed by atoms with Gasteiger partial charge in [-0.15, -0.1) is 70.8 Å². The zero-order valence-electron chi connectivity index (χ0n) is 29.5. The van der Waals surface area contributed by atoms with E-state index in [0.29, 0.717) is 12.2 Å². The van der Waals surface area contributed by atoms with Crippen LogP contribution in [0.4, 0.5) is 51.5 Å². The van der Waals surface area contributed by atoms with Crippen molar-refractivity contribution in [2.75, 3.05) is 0 Å². The van der Waals surface area contributed by atoms with Crippen LogP contribution in [0.1, 0.15) is 22.3 Å². The molecule has 0 unspecified atom stereocenters. The van der Waals surface area contributed by atoms with Gasteiger partial charge in [0.05, 0.1) is 11.1 Å². The van der Waals surface area contributed by atoms with Crippen LogP contribution in [0.25, 0.3) is 33.1 Å². The first-order chi connectivity index (χ1) is 25.1. The SMILES string of the molecule is Cc1c[c-]c(-c2cc(C)ccn2)cc1.Cc1c[c-]c(-c2cc(C)ccn2)cc1.FC(F)(F)C1=CC(=C2C=C(C(F)(F)F)C=C[N-]2)[N-]C=C1.F[P-](F)(F)(F)(F)F.[Ir]. The van der Waals surface area contributed by atoms with Crippen LogP contribution in [0.5, 0.6) is 0 Å². The van der Waals surface area contributed by atoms with Crippen molar-refractivity contribution in [2.24, 2.45) is 0 Å². The van der Waals surface area contributed by atoms with Crippen LogP contribution in [0.15, 0.2) is 132 Å². The fourth-order valence-electron chi connectivity index (χ4n) is 4.18. The molecule has 0 aliphatic carbocycles. The quantitative estimate of drug-likeness (QED) is 0.114. The molecule has 305 valence electrons.